The Hall–Kier alpha value is -2.82. The van der Waals surface area contributed by atoms with E-state index in [9.17, 15) is 14.7 Å². The number of fused-ring (bicyclic) bond motifs is 4. The van der Waals surface area contributed by atoms with Crippen LogP contribution in [0.15, 0.2) is 48.5 Å². The summed E-state index contributed by atoms with van der Waals surface area (Å²) in [5, 5.41) is 9.84. The molecule has 2 fully saturated rings. The van der Waals surface area contributed by atoms with Gasteiger partial charge in [-0.15, -0.1) is 0 Å². The third-order valence-electron chi connectivity index (χ3n) is 7.14. The van der Waals surface area contributed by atoms with Gasteiger partial charge in [-0.25, -0.2) is 4.79 Å². The highest BCUT2D eigenvalue weighted by Gasteiger charge is 2.54. The van der Waals surface area contributed by atoms with Crippen molar-refractivity contribution < 1.29 is 19.4 Å². The Morgan fingerprint density at radius 2 is 1.69 bits per heavy atom. The van der Waals surface area contributed by atoms with Crippen molar-refractivity contribution in [2.75, 3.05) is 19.7 Å². The van der Waals surface area contributed by atoms with Crippen LogP contribution in [0.25, 0.3) is 11.1 Å². The Balaban J connectivity index is 1.32. The standard InChI is InChI=1S/C24H25NO4/c26-22(27)24-12-6-5-7-16(24)13-25(15-24)23(28)29-14-21-19-10-3-1-8-17(19)18-9-2-4-11-20(18)21/h1-4,8-11,16,21H,5-7,12-15H2,(H,26,27)/t16-,24-/m1/s1. The summed E-state index contributed by atoms with van der Waals surface area (Å²) < 4.78 is 5.75. The number of carboxylic acid groups (broad SMARTS) is 1. The van der Waals surface area contributed by atoms with E-state index >= 15 is 0 Å². The van der Waals surface area contributed by atoms with Crippen molar-refractivity contribution in [3.8, 4) is 11.1 Å². The monoisotopic (exact) mass is 391 g/mol. The van der Waals surface area contributed by atoms with Crippen molar-refractivity contribution in [3.05, 3.63) is 59.7 Å². The zero-order valence-corrected chi connectivity index (χ0v) is 16.3. The molecule has 1 saturated heterocycles. The van der Waals surface area contributed by atoms with Crippen LogP contribution >= 0.6 is 0 Å². The van der Waals surface area contributed by atoms with Crippen molar-refractivity contribution in [1.82, 2.24) is 4.90 Å². The van der Waals surface area contributed by atoms with Crippen LogP contribution in [0, 0.1) is 11.3 Å². The molecule has 29 heavy (non-hydrogen) atoms. The Kier molecular flexibility index (Phi) is 4.34. The third-order valence-corrected chi connectivity index (χ3v) is 7.14. The number of aliphatic carboxylic acids is 1. The molecule has 150 valence electrons. The summed E-state index contributed by atoms with van der Waals surface area (Å²) in [6.45, 7) is 1.03. The van der Waals surface area contributed by atoms with Crippen molar-refractivity contribution >= 4 is 12.1 Å². The molecule has 0 bridgehead atoms. The van der Waals surface area contributed by atoms with Gasteiger partial charge in [0.05, 0.1) is 5.41 Å². The first-order valence-corrected chi connectivity index (χ1v) is 10.4. The molecule has 1 saturated carbocycles. The average Bonchev–Trinajstić information content (AvgIpc) is 3.30. The maximum atomic E-state index is 12.8. The first-order valence-electron chi connectivity index (χ1n) is 10.4. The number of benzene rings is 2. The Morgan fingerprint density at radius 3 is 2.31 bits per heavy atom. The van der Waals surface area contributed by atoms with Gasteiger partial charge in [-0.2, -0.15) is 0 Å². The van der Waals surface area contributed by atoms with Gasteiger partial charge in [-0.05, 0) is 41.0 Å². The molecule has 0 spiro atoms. The van der Waals surface area contributed by atoms with Crippen molar-refractivity contribution in [3.63, 3.8) is 0 Å². The predicted octanol–water partition coefficient (Wildman–Crippen LogP) is 4.51. The van der Waals surface area contributed by atoms with Gasteiger partial charge < -0.3 is 14.7 Å². The highest BCUT2D eigenvalue weighted by atomic mass is 16.6. The molecule has 2 aromatic carbocycles. The highest BCUT2D eigenvalue weighted by Crippen LogP contribution is 2.48. The van der Waals surface area contributed by atoms with Crippen LogP contribution in [0.3, 0.4) is 0 Å². The van der Waals surface area contributed by atoms with Gasteiger partial charge in [0.25, 0.3) is 0 Å². The molecule has 5 rings (SSSR count). The summed E-state index contributed by atoms with van der Waals surface area (Å²) in [5.41, 5.74) is 3.96. The third kappa shape index (κ3) is 2.83. The predicted molar refractivity (Wildman–Crippen MR) is 109 cm³/mol. The molecule has 1 amide bonds. The second-order valence-electron chi connectivity index (χ2n) is 8.59. The number of likely N-dealkylation sites (tertiary alicyclic amines) is 1. The minimum absolute atomic E-state index is 0.0182. The van der Waals surface area contributed by atoms with Crippen LogP contribution < -0.4 is 0 Å². The van der Waals surface area contributed by atoms with Gasteiger partial charge >= 0.3 is 12.1 Å². The minimum Gasteiger partial charge on any atom is -0.481 e. The van der Waals surface area contributed by atoms with Gasteiger partial charge in [0.2, 0.25) is 0 Å². The van der Waals surface area contributed by atoms with E-state index in [4.69, 9.17) is 4.74 Å². The lowest BCUT2D eigenvalue weighted by Crippen LogP contribution is -2.41. The van der Waals surface area contributed by atoms with Gasteiger partial charge in [0.1, 0.15) is 6.61 Å². The Morgan fingerprint density at radius 1 is 1.03 bits per heavy atom. The second kappa shape index (κ2) is 6.90. The molecule has 0 aromatic heterocycles. The van der Waals surface area contributed by atoms with Crippen LogP contribution in [0.2, 0.25) is 0 Å². The number of carbonyl (C=O) groups excluding carboxylic acids is 1. The zero-order chi connectivity index (χ0) is 20.0. The number of carboxylic acids is 1. The van der Waals surface area contributed by atoms with E-state index in [1.165, 1.54) is 22.3 Å². The molecule has 1 N–H and O–H groups in total. The lowest BCUT2D eigenvalue weighted by Gasteiger charge is -2.33. The first kappa shape index (κ1) is 18.2. The fourth-order valence-electron chi connectivity index (χ4n) is 5.63. The SMILES string of the molecule is O=C(OCC1c2ccccc2-c2ccccc21)N1C[C@H]2CCCC[C@@]2(C(=O)O)C1. The van der Waals surface area contributed by atoms with Crippen molar-refractivity contribution in [2.45, 2.75) is 31.6 Å². The van der Waals surface area contributed by atoms with Gasteiger partial charge in [-0.3, -0.25) is 4.79 Å². The number of rotatable bonds is 3. The van der Waals surface area contributed by atoms with E-state index in [1.807, 2.05) is 24.3 Å². The number of amides is 1. The molecule has 0 unspecified atom stereocenters. The molecular weight excluding hydrogens is 366 g/mol. The van der Waals surface area contributed by atoms with Gasteiger partial charge in [0, 0.05) is 19.0 Å². The number of hydrogen-bond acceptors (Lipinski definition) is 3. The highest BCUT2D eigenvalue weighted by molar-refractivity contribution is 5.80. The molecule has 1 aliphatic heterocycles. The summed E-state index contributed by atoms with van der Waals surface area (Å²) in [6, 6.07) is 16.5. The molecule has 5 heteroatoms. The van der Waals surface area contributed by atoms with Gasteiger partial charge in [-0.1, -0.05) is 61.4 Å². The maximum absolute atomic E-state index is 12.8. The maximum Gasteiger partial charge on any atom is 0.409 e. The molecule has 2 atom stereocenters. The topological polar surface area (TPSA) is 66.8 Å². The normalized spacial score (nSPS) is 25.2. The van der Waals surface area contributed by atoms with Crippen LogP contribution in [0.5, 0.6) is 0 Å². The number of nitrogens with zero attached hydrogens (tertiary/aromatic N) is 1. The quantitative estimate of drug-likeness (QED) is 0.836. The van der Waals surface area contributed by atoms with E-state index in [1.54, 1.807) is 4.90 Å². The first-order chi connectivity index (χ1) is 14.1. The largest absolute Gasteiger partial charge is 0.481 e. The van der Waals surface area contributed by atoms with E-state index in [0.717, 1.165) is 19.3 Å². The van der Waals surface area contributed by atoms with Crippen LogP contribution in [0.1, 0.15) is 42.7 Å². The second-order valence-corrected chi connectivity index (χ2v) is 8.59. The number of ether oxygens (including phenoxy) is 1. The summed E-state index contributed by atoms with van der Waals surface area (Å²) in [6.07, 6.45) is 3.10. The fraction of sp³-hybridized carbons (Fsp3) is 0.417. The smallest absolute Gasteiger partial charge is 0.409 e. The van der Waals surface area contributed by atoms with Crippen LogP contribution in [-0.4, -0.2) is 41.8 Å². The fourth-order valence-corrected chi connectivity index (χ4v) is 5.63. The molecule has 2 aromatic rings. The molecule has 5 nitrogen and oxygen atoms in total. The summed E-state index contributed by atoms with van der Waals surface area (Å²) >= 11 is 0. The Bertz CT molecular complexity index is 925. The molecule has 1 heterocycles. The van der Waals surface area contributed by atoms with Gasteiger partial charge in [0.15, 0.2) is 0 Å². The van der Waals surface area contributed by atoms with Crippen LogP contribution in [-0.2, 0) is 9.53 Å². The molecule has 3 aliphatic rings. The lowest BCUT2D eigenvalue weighted by atomic mass is 9.68. The zero-order valence-electron chi connectivity index (χ0n) is 16.3. The average molecular weight is 391 g/mol. The van der Waals surface area contributed by atoms with E-state index in [-0.39, 0.29) is 31.1 Å². The molecular formula is C24H25NO4. The lowest BCUT2D eigenvalue weighted by molar-refractivity contribution is -0.152. The van der Waals surface area contributed by atoms with E-state index in [0.29, 0.717) is 13.0 Å². The molecule has 2 aliphatic carbocycles. The van der Waals surface area contributed by atoms with Crippen LogP contribution in [0.4, 0.5) is 4.79 Å². The minimum atomic E-state index is -0.788. The van der Waals surface area contributed by atoms with E-state index in [2.05, 4.69) is 24.3 Å². The molecule has 0 radical (unpaired) electrons. The summed E-state index contributed by atoms with van der Waals surface area (Å²) in [4.78, 5) is 26.5. The summed E-state index contributed by atoms with van der Waals surface area (Å²) in [5.74, 6) is -0.713. The Labute approximate surface area is 170 Å². The van der Waals surface area contributed by atoms with E-state index < -0.39 is 11.4 Å². The number of carbonyl (C=O) groups is 2. The number of hydrogen-bond donors (Lipinski definition) is 1. The van der Waals surface area contributed by atoms with Crippen molar-refractivity contribution in [2.24, 2.45) is 11.3 Å². The van der Waals surface area contributed by atoms with Crippen molar-refractivity contribution in [1.29, 1.82) is 0 Å². The summed E-state index contributed by atoms with van der Waals surface area (Å²) in [7, 11) is 0.